The Balaban J connectivity index is 1.78. The van der Waals surface area contributed by atoms with Crippen LogP contribution in [0.1, 0.15) is 16.1 Å². The molecule has 0 spiro atoms. The molecule has 0 N–H and O–H groups in total. The van der Waals surface area contributed by atoms with Crippen LogP contribution >= 0.6 is 11.6 Å². The van der Waals surface area contributed by atoms with Crippen LogP contribution in [-0.4, -0.2) is 10.9 Å². The van der Waals surface area contributed by atoms with Crippen molar-refractivity contribution < 1.29 is 32.0 Å². The zero-order valence-electron chi connectivity index (χ0n) is 16.8. The van der Waals surface area contributed by atoms with E-state index in [0.29, 0.717) is 0 Å². The Kier molecular flexibility index (Phi) is 5.84. The van der Waals surface area contributed by atoms with Crippen molar-refractivity contribution in [2.24, 2.45) is 0 Å². The molecule has 0 amide bonds. The van der Waals surface area contributed by atoms with Gasteiger partial charge in [-0.25, -0.2) is 4.79 Å². The van der Waals surface area contributed by atoms with E-state index >= 15 is 0 Å². The van der Waals surface area contributed by atoms with Gasteiger partial charge in [-0.15, -0.1) is 0 Å². The predicted octanol–water partition coefficient (Wildman–Crippen LogP) is 6.26. The highest BCUT2D eigenvalue weighted by atomic mass is 35.5. The molecule has 0 aliphatic heterocycles. The van der Waals surface area contributed by atoms with E-state index in [-0.39, 0.29) is 33.0 Å². The third-order valence-corrected chi connectivity index (χ3v) is 5.12. The molecule has 172 valence electrons. The molecule has 0 saturated heterocycles. The zero-order chi connectivity index (χ0) is 24.6. The molecular weight excluding hydrogens is 479 g/mol. The van der Waals surface area contributed by atoms with Gasteiger partial charge in [-0.1, -0.05) is 29.8 Å². The number of carbonyl (C=O) groups is 1. The van der Waals surface area contributed by atoms with E-state index in [1.54, 1.807) is 0 Å². The maximum atomic E-state index is 13.8. The summed E-state index contributed by atoms with van der Waals surface area (Å²) in [5.74, 6) is -2.66. The number of fused-ring (bicyclic) bond motifs is 1. The highest BCUT2D eigenvalue weighted by molar-refractivity contribution is 6.33. The summed E-state index contributed by atoms with van der Waals surface area (Å²) in [6.07, 6.45) is -5.02. The molecule has 3 aromatic carbocycles. The van der Waals surface area contributed by atoms with Crippen molar-refractivity contribution in [2.75, 3.05) is 0 Å². The number of non-ortho nitro benzene ring substituents is 1. The van der Waals surface area contributed by atoms with Gasteiger partial charge in [0.05, 0.1) is 21.4 Å². The predicted molar refractivity (Wildman–Crippen MR) is 116 cm³/mol. The summed E-state index contributed by atoms with van der Waals surface area (Å²) in [4.78, 5) is 35.4. The second kappa shape index (κ2) is 8.64. The molecule has 0 saturated carbocycles. The van der Waals surface area contributed by atoms with Crippen LogP contribution in [0.4, 0.5) is 18.9 Å². The van der Waals surface area contributed by atoms with Crippen LogP contribution in [0.3, 0.4) is 0 Å². The molecule has 7 nitrogen and oxygen atoms in total. The number of rotatable bonds is 4. The number of carbonyl (C=O) groups excluding carboxylic acids is 1. The lowest BCUT2D eigenvalue weighted by Gasteiger charge is -2.14. The number of halogens is 4. The highest BCUT2D eigenvalue weighted by Crippen LogP contribution is 2.39. The number of hydrogen-bond donors (Lipinski definition) is 0. The number of alkyl halides is 3. The van der Waals surface area contributed by atoms with Gasteiger partial charge in [0.2, 0.25) is 11.2 Å². The first kappa shape index (κ1) is 23.0. The molecule has 0 radical (unpaired) electrons. The molecule has 1 heterocycles. The van der Waals surface area contributed by atoms with E-state index in [1.165, 1.54) is 48.5 Å². The second-order valence-corrected chi connectivity index (χ2v) is 7.37. The summed E-state index contributed by atoms with van der Waals surface area (Å²) in [6, 6.07) is 13.5. The minimum atomic E-state index is -5.02. The lowest BCUT2D eigenvalue weighted by Crippen LogP contribution is -2.16. The van der Waals surface area contributed by atoms with Crippen LogP contribution in [-0.2, 0) is 6.18 Å². The molecule has 4 aromatic rings. The largest absolute Gasteiger partial charge is 0.450 e. The Bertz CT molecular complexity index is 1500. The fourth-order valence-electron chi connectivity index (χ4n) is 3.23. The van der Waals surface area contributed by atoms with Gasteiger partial charge in [0.25, 0.3) is 5.69 Å². The molecule has 0 bridgehead atoms. The van der Waals surface area contributed by atoms with Crippen LogP contribution in [0.2, 0.25) is 5.02 Å². The second-order valence-electron chi connectivity index (χ2n) is 6.96. The fourth-order valence-corrected chi connectivity index (χ4v) is 3.46. The van der Waals surface area contributed by atoms with Gasteiger partial charge in [-0.3, -0.25) is 14.9 Å². The first-order valence-corrected chi connectivity index (χ1v) is 9.83. The summed E-state index contributed by atoms with van der Waals surface area (Å²) in [5.41, 5.74) is -2.56. The maximum absolute atomic E-state index is 13.8. The Hall–Kier alpha value is -4.18. The Morgan fingerprint density at radius 2 is 1.71 bits per heavy atom. The van der Waals surface area contributed by atoms with Crippen molar-refractivity contribution >= 4 is 34.2 Å². The molecule has 0 fully saturated rings. The zero-order valence-corrected chi connectivity index (χ0v) is 17.5. The fraction of sp³-hybridized carbons (Fsp3) is 0.0435. The Morgan fingerprint density at radius 3 is 2.32 bits per heavy atom. The number of ether oxygens (including phenoxy) is 1. The van der Waals surface area contributed by atoms with E-state index < -0.39 is 39.4 Å². The molecule has 0 aliphatic carbocycles. The average Bonchev–Trinajstić information content (AvgIpc) is 2.79. The van der Waals surface area contributed by atoms with E-state index in [0.717, 1.165) is 18.2 Å². The Labute approximate surface area is 193 Å². The lowest BCUT2D eigenvalue weighted by atomic mass is 10.0. The van der Waals surface area contributed by atoms with E-state index in [9.17, 15) is 32.9 Å². The Morgan fingerprint density at radius 1 is 1.03 bits per heavy atom. The third kappa shape index (κ3) is 4.35. The van der Waals surface area contributed by atoms with Gasteiger partial charge in [-0.05, 0) is 30.3 Å². The third-order valence-electron chi connectivity index (χ3n) is 4.79. The standard InChI is InChI=1S/C23H11ClF3NO6/c24-17-4-2-1-3-15(17)19-20(29)16-10-9-14(11-18(16)34-21(19)23(25,26)27)33-22(30)12-5-7-13(8-6-12)28(31)32/h1-11H. The maximum Gasteiger partial charge on any atom is 0.450 e. The molecule has 4 rings (SSSR count). The van der Waals surface area contributed by atoms with Crippen molar-refractivity contribution in [1.82, 2.24) is 0 Å². The summed E-state index contributed by atoms with van der Waals surface area (Å²) in [5, 5.41) is 10.5. The van der Waals surface area contributed by atoms with Crippen molar-refractivity contribution in [3.63, 3.8) is 0 Å². The number of nitro benzene ring substituents is 1. The molecule has 0 atom stereocenters. The smallest absolute Gasteiger partial charge is 0.450 e. The summed E-state index contributed by atoms with van der Waals surface area (Å²) >= 11 is 6.03. The SMILES string of the molecule is O=C(Oc1ccc2c(=O)c(-c3ccccc3Cl)c(C(F)(F)F)oc2c1)c1ccc([N+](=O)[O-])cc1. The molecule has 0 aliphatic rings. The van der Waals surface area contributed by atoms with Crippen molar-refractivity contribution in [1.29, 1.82) is 0 Å². The minimum absolute atomic E-state index is 0.0304. The first-order valence-electron chi connectivity index (χ1n) is 9.46. The average molecular weight is 490 g/mol. The van der Waals surface area contributed by atoms with Crippen LogP contribution in [0.15, 0.2) is 75.9 Å². The van der Waals surface area contributed by atoms with Gasteiger partial charge in [0.1, 0.15) is 11.3 Å². The van der Waals surface area contributed by atoms with Crippen LogP contribution in [0.25, 0.3) is 22.1 Å². The van der Waals surface area contributed by atoms with E-state index in [1.807, 2.05) is 0 Å². The van der Waals surface area contributed by atoms with Gasteiger partial charge in [-0.2, -0.15) is 13.2 Å². The highest BCUT2D eigenvalue weighted by Gasteiger charge is 2.39. The normalized spacial score (nSPS) is 11.4. The molecule has 34 heavy (non-hydrogen) atoms. The topological polar surface area (TPSA) is 99.7 Å². The van der Waals surface area contributed by atoms with Gasteiger partial charge in [0.15, 0.2) is 0 Å². The van der Waals surface area contributed by atoms with Crippen LogP contribution < -0.4 is 10.2 Å². The molecular formula is C23H11ClF3NO6. The first-order chi connectivity index (χ1) is 16.1. The molecule has 1 aromatic heterocycles. The number of benzene rings is 3. The monoisotopic (exact) mass is 489 g/mol. The minimum Gasteiger partial charge on any atom is -0.450 e. The molecule has 11 heteroatoms. The summed E-state index contributed by atoms with van der Waals surface area (Å²) < 4.78 is 51.6. The number of nitro groups is 1. The number of nitrogens with zero attached hydrogens (tertiary/aromatic N) is 1. The molecule has 0 unspecified atom stereocenters. The quantitative estimate of drug-likeness (QED) is 0.145. The van der Waals surface area contributed by atoms with Crippen LogP contribution in [0.5, 0.6) is 5.75 Å². The van der Waals surface area contributed by atoms with Crippen molar-refractivity contribution in [3.8, 4) is 16.9 Å². The van der Waals surface area contributed by atoms with E-state index in [2.05, 4.69) is 0 Å². The van der Waals surface area contributed by atoms with E-state index in [4.69, 9.17) is 20.8 Å². The number of esters is 1. The summed E-state index contributed by atoms with van der Waals surface area (Å²) in [7, 11) is 0. The van der Waals surface area contributed by atoms with Gasteiger partial charge >= 0.3 is 12.1 Å². The van der Waals surface area contributed by atoms with Crippen molar-refractivity contribution in [3.05, 3.63) is 103 Å². The van der Waals surface area contributed by atoms with Gasteiger partial charge in [0, 0.05) is 28.8 Å². The lowest BCUT2D eigenvalue weighted by molar-refractivity contribution is -0.384. The van der Waals surface area contributed by atoms with Crippen molar-refractivity contribution in [2.45, 2.75) is 6.18 Å². The van der Waals surface area contributed by atoms with Gasteiger partial charge < -0.3 is 9.15 Å². The summed E-state index contributed by atoms with van der Waals surface area (Å²) in [6.45, 7) is 0. The number of hydrogen-bond acceptors (Lipinski definition) is 6. The van der Waals surface area contributed by atoms with Crippen LogP contribution in [0, 0.1) is 10.1 Å².